The highest BCUT2D eigenvalue weighted by Crippen LogP contribution is 2.49. The minimum atomic E-state index is -0.929. The number of carbonyl (C=O) groups is 1. The molecule has 0 aliphatic carbocycles. The van der Waals surface area contributed by atoms with Gasteiger partial charge in [0.25, 0.3) is 0 Å². The van der Waals surface area contributed by atoms with Gasteiger partial charge in [-0.25, -0.2) is 4.79 Å². The van der Waals surface area contributed by atoms with Gasteiger partial charge in [0.1, 0.15) is 11.5 Å². The third-order valence-electron chi connectivity index (χ3n) is 5.16. The van der Waals surface area contributed by atoms with Gasteiger partial charge >= 0.3 is 5.97 Å². The molecule has 0 aromatic heterocycles. The lowest BCUT2D eigenvalue weighted by atomic mass is 9.80. The van der Waals surface area contributed by atoms with E-state index in [1.807, 2.05) is 74.6 Å². The van der Waals surface area contributed by atoms with E-state index in [0.717, 1.165) is 39.6 Å². The lowest BCUT2D eigenvalue weighted by Crippen LogP contribution is -2.16. The van der Waals surface area contributed by atoms with Gasteiger partial charge in [-0.2, -0.15) is 0 Å². The monoisotopic (exact) mass is 374 g/mol. The molecule has 0 spiro atoms. The molecule has 0 fully saturated rings. The van der Waals surface area contributed by atoms with Crippen LogP contribution in [0.4, 0.5) is 11.4 Å². The molecule has 1 aliphatic heterocycles. The normalized spacial score (nSPS) is 14.5. The van der Waals surface area contributed by atoms with Crippen LogP contribution >= 0.6 is 0 Å². The molecule has 1 aliphatic rings. The van der Waals surface area contributed by atoms with Crippen molar-refractivity contribution in [2.45, 2.75) is 5.92 Å². The molecule has 142 valence electrons. The molecule has 0 bridgehead atoms. The van der Waals surface area contributed by atoms with Crippen LogP contribution in [-0.4, -0.2) is 32.2 Å². The molecule has 0 radical (unpaired) electrons. The summed E-state index contributed by atoms with van der Waals surface area (Å²) in [5.74, 6) is 0.340. The number of rotatable bonds is 4. The topological polar surface area (TPSA) is 61.8 Å². The Morgan fingerprint density at radius 3 is 2.32 bits per heavy atom. The molecule has 2 N–H and O–H groups in total. The predicted octanol–water partition coefficient (Wildman–Crippen LogP) is 4.78. The number of ether oxygens (including phenoxy) is 1. The standard InChI is InChI=1S/C23H22N2O3/c1-24-14-8-10-18-20(12-14)28-21-13-15(25(2)3)9-11-19(21)22(18)16-6-4-5-7-17(16)23(26)27/h4-13,22,24H,1-3H3,(H,26,27). The van der Waals surface area contributed by atoms with Crippen molar-refractivity contribution in [1.82, 2.24) is 0 Å². The highest BCUT2D eigenvalue weighted by atomic mass is 16.5. The summed E-state index contributed by atoms with van der Waals surface area (Å²) in [6.45, 7) is 0. The van der Waals surface area contributed by atoms with Gasteiger partial charge in [-0.05, 0) is 23.8 Å². The Morgan fingerprint density at radius 2 is 1.64 bits per heavy atom. The van der Waals surface area contributed by atoms with E-state index in [0.29, 0.717) is 5.56 Å². The number of nitrogens with one attached hydrogen (secondary N) is 1. The second kappa shape index (κ2) is 6.93. The summed E-state index contributed by atoms with van der Waals surface area (Å²) in [4.78, 5) is 13.9. The highest BCUT2D eigenvalue weighted by molar-refractivity contribution is 5.90. The van der Waals surface area contributed by atoms with Crippen LogP contribution in [-0.2, 0) is 0 Å². The van der Waals surface area contributed by atoms with Crippen molar-refractivity contribution in [2.75, 3.05) is 31.4 Å². The van der Waals surface area contributed by atoms with Crippen molar-refractivity contribution in [3.8, 4) is 11.5 Å². The number of nitrogens with zero attached hydrogens (tertiary/aromatic N) is 1. The van der Waals surface area contributed by atoms with Crippen molar-refractivity contribution in [3.05, 3.63) is 82.9 Å². The van der Waals surface area contributed by atoms with Crippen molar-refractivity contribution in [3.63, 3.8) is 0 Å². The summed E-state index contributed by atoms with van der Waals surface area (Å²) in [5, 5.41) is 12.9. The fourth-order valence-electron chi connectivity index (χ4n) is 3.71. The molecule has 28 heavy (non-hydrogen) atoms. The van der Waals surface area contributed by atoms with Crippen LogP contribution in [0.15, 0.2) is 60.7 Å². The van der Waals surface area contributed by atoms with Gasteiger partial charge in [-0.3, -0.25) is 0 Å². The Hall–Kier alpha value is -3.47. The average Bonchev–Trinajstić information content (AvgIpc) is 2.70. The van der Waals surface area contributed by atoms with Gasteiger partial charge in [0.15, 0.2) is 0 Å². The Bertz CT molecular complexity index is 1060. The number of fused-ring (bicyclic) bond motifs is 2. The number of carboxylic acid groups (broad SMARTS) is 1. The number of carboxylic acids is 1. The van der Waals surface area contributed by atoms with E-state index in [2.05, 4.69) is 5.32 Å². The SMILES string of the molecule is CNc1ccc2c(c1)Oc1cc(N(C)C)ccc1C2c1ccccc1C(=O)O. The lowest BCUT2D eigenvalue weighted by molar-refractivity contribution is 0.0695. The highest BCUT2D eigenvalue weighted by Gasteiger charge is 2.31. The molecule has 3 aromatic rings. The fraction of sp³-hybridized carbons (Fsp3) is 0.174. The minimum Gasteiger partial charge on any atom is -0.478 e. The molecular formula is C23H22N2O3. The van der Waals surface area contributed by atoms with Crippen molar-refractivity contribution in [2.24, 2.45) is 0 Å². The maximum absolute atomic E-state index is 11.9. The molecule has 1 unspecified atom stereocenters. The van der Waals surface area contributed by atoms with Crippen LogP contribution in [0.1, 0.15) is 33.0 Å². The molecule has 3 aromatic carbocycles. The molecular weight excluding hydrogens is 352 g/mol. The molecule has 0 saturated carbocycles. The summed E-state index contributed by atoms with van der Waals surface area (Å²) in [6.07, 6.45) is 0. The number of benzene rings is 3. The van der Waals surface area contributed by atoms with Crippen LogP contribution < -0.4 is 15.0 Å². The van der Waals surface area contributed by atoms with Crippen molar-refractivity contribution >= 4 is 17.3 Å². The molecule has 5 heteroatoms. The van der Waals surface area contributed by atoms with E-state index in [1.54, 1.807) is 12.1 Å². The molecule has 1 atom stereocenters. The zero-order valence-electron chi connectivity index (χ0n) is 16.1. The Balaban J connectivity index is 1.97. The fourth-order valence-corrected chi connectivity index (χ4v) is 3.71. The third-order valence-corrected chi connectivity index (χ3v) is 5.16. The van der Waals surface area contributed by atoms with Crippen LogP contribution in [0, 0.1) is 0 Å². The molecule has 1 heterocycles. The Kier molecular flexibility index (Phi) is 4.43. The average molecular weight is 374 g/mol. The number of hydrogen-bond donors (Lipinski definition) is 2. The largest absolute Gasteiger partial charge is 0.478 e. The van der Waals surface area contributed by atoms with Gasteiger partial charge in [-0.15, -0.1) is 0 Å². The summed E-state index contributed by atoms with van der Waals surface area (Å²) >= 11 is 0. The van der Waals surface area contributed by atoms with E-state index in [4.69, 9.17) is 4.74 Å². The molecule has 4 rings (SSSR count). The molecule has 0 saturated heterocycles. The van der Waals surface area contributed by atoms with Crippen molar-refractivity contribution < 1.29 is 14.6 Å². The second-order valence-corrected chi connectivity index (χ2v) is 7.05. The first-order chi connectivity index (χ1) is 13.5. The zero-order valence-corrected chi connectivity index (χ0v) is 16.1. The summed E-state index contributed by atoms with van der Waals surface area (Å²) in [5.41, 5.74) is 4.95. The summed E-state index contributed by atoms with van der Waals surface area (Å²) < 4.78 is 6.25. The van der Waals surface area contributed by atoms with Gasteiger partial charge in [0.2, 0.25) is 0 Å². The summed E-state index contributed by atoms with van der Waals surface area (Å²) in [6, 6.07) is 19.2. The lowest BCUT2D eigenvalue weighted by Gasteiger charge is -2.30. The first-order valence-corrected chi connectivity index (χ1v) is 9.12. The smallest absolute Gasteiger partial charge is 0.335 e. The maximum Gasteiger partial charge on any atom is 0.335 e. The van der Waals surface area contributed by atoms with Crippen LogP contribution in [0.3, 0.4) is 0 Å². The number of aromatic carboxylic acids is 1. The van der Waals surface area contributed by atoms with E-state index in [-0.39, 0.29) is 5.92 Å². The Morgan fingerprint density at radius 1 is 0.964 bits per heavy atom. The van der Waals surface area contributed by atoms with Crippen molar-refractivity contribution in [1.29, 1.82) is 0 Å². The second-order valence-electron chi connectivity index (χ2n) is 7.05. The third kappa shape index (κ3) is 2.95. The number of anilines is 2. The van der Waals surface area contributed by atoms with E-state index in [9.17, 15) is 9.90 Å². The van der Waals surface area contributed by atoms with Crippen LogP contribution in [0.5, 0.6) is 11.5 Å². The molecule has 0 amide bonds. The number of hydrogen-bond acceptors (Lipinski definition) is 4. The summed E-state index contributed by atoms with van der Waals surface area (Å²) in [7, 11) is 5.82. The van der Waals surface area contributed by atoms with E-state index in [1.165, 1.54) is 0 Å². The van der Waals surface area contributed by atoms with Gasteiger partial charge in [0.05, 0.1) is 5.56 Å². The van der Waals surface area contributed by atoms with E-state index >= 15 is 0 Å². The van der Waals surface area contributed by atoms with Gasteiger partial charge in [-0.1, -0.05) is 30.3 Å². The van der Waals surface area contributed by atoms with Crippen LogP contribution in [0.2, 0.25) is 0 Å². The van der Waals surface area contributed by atoms with Gasteiger partial charge in [0, 0.05) is 61.7 Å². The quantitative estimate of drug-likeness (QED) is 0.538. The van der Waals surface area contributed by atoms with Crippen LogP contribution in [0.25, 0.3) is 0 Å². The first kappa shape index (κ1) is 17.9. The predicted molar refractivity (Wildman–Crippen MR) is 111 cm³/mol. The van der Waals surface area contributed by atoms with E-state index < -0.39 is 5.97 Å². The zero-order chi connectivity index (χ0) is 19.8. The Labute approximate surface area is 164 Å². The maximum atomic E-state index is 11.9. The van der Waals surface area contributed by atoms with Gasteiger partial charge < -0.3 is 20.1 Å². The first-order valence-electron chi connectivity index (χ1n) is 9.12. The molecule has 5 nitrogen and oxygen atoms in total. The minimum absolute atomic E-state index is 0.215.